The van der Waals surface area contributed by atoms with Gasteiger partial charge in [-0.15, -0.1) is 0 Å². The van der Waals surface area contributed by atoms with Crippen molar-refractivity contribution in [2.24, 2.45) is 0 Å². The van der Waals surface area contributed by atoms with Crippen LogP contribution in [-0.2, 0) is 20.8 Å². The third-order valence-electron chi connectivity index (χ3n) is 5.21. The molecular formula is C26H41NO4. The fourth-order valence-corrected chi connectivity index (χ4v) is 3.37. The summed E-state index contributed by atoms with van der Waals surface area (Å²) in [6, 6.07) is -1.94. The number of phenols is 1. The molecule has 0 heterocycles. The largest absolute Gasteiger partial charge is 0.508 e. The van der Waals surface area contributed by atoms with E-state index in [4.69, 9.17) is 5.48 Å². The summed E-state index contributed by atoms with van der Waals surface area (Å²) in [6.45, 7) is 4.84. The lowest BCUT2D eigenvalue weighted by molar-refractivity contribution is -0.132. The van der Waals surface area contributed by atoms with Crippen LogP contribution in [0.5, 0.6) is 5.75 Å². The molecule has 0 radical (unpaired) electrons. The lowest BCUT2D eigenvalue weighted by Gasteiger charge is -2.22. The van der Waals surface area contributed by atoms with E-state index in [1.54, 1.807) is 4.90 Å². The molecule has 1 N–H and O–H groups in total. The number of hydrogen-bond acceptors (Lipinski definition) is 4. The fourth-order valence-electron chi connectivity index (χ4n) is 3.37. The molecule has 5 nitrogen and oxygen atoms in total. The Labute approximate surface area is 193 Å². The summed E-state index contributed by atoms with van der Waals surface area (Å²) >= 11 is 0. The number of Topliss-reactive ketones (excluding diaryl/α,β-unsaturated/α-hetero) is 2. The number of rotatable bonds is 18. The molecule has 0 bridgehead atoms. The van der Waals surface area contributed by atoms with Crippen LogP contribution in [0.1, 0.15) is 102 Å². The molecule has 1 amide bonds. The summed E-state index contributed by atoms with van der Waals surface area (Å²) in [7, 11) is 0. The number of nitrogens with zero attached hydrogens (tertiary/aromatic N) is 1. The second-order valence-electron chi connectivity index (χ2n) is 8.08. The van der Waals surface area contributed by atoms with Gasteiger partial charge in [-0.2, -0.15) is 0 Å². The van der Waals surface area contributed by atoms with E-state index in [1.807, 2.05) is 13.8 Å². The molecule has 0 spiro atoms. The number of unbranched alkanes of at least 4 members (excludes halogenated alkanes) is 5. The van der Waals surface area contributed by atoms with Gasteiger partial charge in [-0.3, -0.25) is 14.4 Å². The number of hydrogen-bond donors (Lipinski definition) is 1. The van der Waals surface area contributed by atoms with Gasteiger partial charge in [-0.1, -0.05) is 51.6 Å². The average molecular weight is 436 g/mol. The van der Waals surface area contributed by atoms with Crippen molar-refractivity contribution in [1.82, 2.24) is 4.90 Å². The highest BCUT2D eigenvalue weighted by molar-refractivity contribution is 5.82. The zero-order chi connectivity index (χ0) is 26.4. The summed E-state index contributed by atoms with van der Waals surface area (Å²) in [6.07, 6.45) is 8.76. The Kier molecular flexibility index (Phi) is 11.0. The Balaban J connectivity index is 2.59. The van der Waals surface area contributed by atoms with E-state index in [9.17, 15) is 19.5 Å². The van der Waals surface area contributed by atoms with E-state index < -0.39 is 29.9 Å². The van der Waals surface area contributed by atoms with Crippen LogP contribution in [0.25, 0.3) is 0 Å². The van der Waals surface area contributed by atoms with Crippen LogP contribution in [0, 0.1) is 0 Å². The highest BCUT2D eigenvalue weighted by Gasteiger charge is 2.14. The molecule has 174 valence electrons. The van der Waals surface area contributed by atoms with E-state index in [0.29, 0.717) is 31.6 Å². The SMILES string of the molecule is [2H]c1c([2H])c(CC(=O)CCN(CCCCCCCC(=O)CCC)C(=O)CCCC)c([2H])c([2H])c1O. The van der Waals surface area contributed by atoms with Crippen molar-refractivity contribution >= 4 is 17.5 Å². The molecule has 31 heavy (non-hydrogen) atoms. The second-order valence-corrected chi connectivity index (χ2v) is 8.08. The van der Waals surface area contributed by atoms with Crippen molar-refractivity contribution in [2.75, 3.05) is 13.1 Å². The van der Waals surface area contributed by atoms with Crippen molar-refractivity contribution in [3.05, 3.63) is 29.7 Å². The summed E-state index contributed by atoms with van der Waals surface area (Å²) in [5, 5.41) is 9.67. The maximum absolute atomic E-state index is 12.7. The van der Waals surface area contributed by atoms with Crippen LogP contribution >= 0.6 is 0 Å². The second kappa shape index (κ2) is 16.5. The van der Waals surface area contributed by atoms with Crippen LogP contribution < -0.4 is 0 Å². The predicted molar refractivity (Wildman–Crippen MR) is 125 cm³/mol. The van der Waals surface area contributed by atoms with Crippen molar-refractivity contribution in [3.63, 3.8) is 0 Å². The summed E-state index contributed by atoms with van der Waals surface area (Å²) in [5.74, 6) is -0.665. The van der Waals surface area contributed by atoms with E-state index in [0.717, 1.165) is 51.4 Å². The van der Waals surface area contributed by atoms with Crippen LogP contribution in [0.2, 0.25) is 0 Å². The molecule has 0 unspecified atom stereocenters. The molecule has 5 heteroatoms. The van der Waals surface area contributed by atoms with E-state index >= 15 is 0 Å². The maximum Gasteiger partial charge on any atom is 0.222 e. The van der Waals surface area contributed by atoms with Gasteiger partial charge in [0.25, 0.3) is 0 Å². The molecule has 1 aromatic rings. The molecule has 0 saturated heterocycles. The number of amides is 1. The van der Waals surface area contributed by atoms with Gasteiger partial charge in [0.1, 0.15) is 17.3 Å². The Bertz CT molecular complexity index is 831. The van der Waals surface area contributed by atoms with Gasteiger partial charge in [0, 0.05) is 45.2 Å². The number of phenolic OH excluding ortho intramolecular Hbond substituents is 1. The van der Waals surface area contributed by atoms with Gasteiger partial charge in [0.2, 0.25) is 5.91 Å². The minimum absolute atomic E-state index is 0.0127. The molecule has 0 aliphatic carbocycles. The first-order valence-corrected chi connectivity index (χ1v) is 11.7. The van der Waals surface area contributed by atoms with Crippen molar-refractivity contribution in [3.8, 4) is 5.75 Å². The van der Waals surface area contributed by atoms with Crippen LogP contribution in [0.15, 0.2) is 24.2 Å². The Hall–Kier alpha value is -2.17. The molecular weight excluding hydrogens is 390 g/mol. The van der Waals surface area contributed by atoms with Crippen LogP contribution in [-0.4, -0.2) is 40.6 Å². The molecule has 1 aromatic carbocycles. The van der Waals surface area contributed by atoms with Crippen molar-refractivity contribution in [2.45, 2.75) is 97.3 Å². The Morgan fingerprint density at radius 2 is 1.45 bits per heavy atom. The summed E-state index contributed by atoms with van der Waals surface area (Å²) in [5.41, 5.74) is -0.0379. The first-order valence-electron chi connectivity index (χ1n) is 13.7. The van der Waals surface area contributed by atoms with Crippen molar-refractivity contribution < 1.29 is 25.0 Å². The topological polar surface area (TPSA) is 74.7 Å². The minimum Gasteiger partial charge on any atom is -0.508 e. The predicted octanol–water partition coefficient (Wildman–Crippen LogP) is 5.62. The molecule has 0 atom stereocenters. The summed E-state index contributed by atoms with van der Waals surface area (Å²) in [4.78, 5) is 38.5. The number of benzene rings is 1. The molecule has 0 fully saturated rings. The number of aromatic hydroxyl groups is 1. The molecule has 1 rings (SSSR count). The third kappa shape index (κ3) is 13.0. The molecule has 0 aromatic heterocycles. The van der Waals surface area contributed by atoms with E-state index in [1.165, 1.54) is 0 Å². The van der Waals surface area contributed by atoms with E-state index in [2.05, 4.69) is 0 Å². The zero-order valence-electron chi connectivity index (χ0n) is 23.2. The van der Waals surface area contributed by atoms with Crippen LogP contribution in [0.3, 0.4) is 0 Å². The van der Waals surface area contributed by atoms with Crippen LogP contribution in [0.4, 0.5) is 0 Å². The molecule has 0 aliphatic rings. The molecule has 0 aliphatic heterocycles. The van der Waals surface area contributed by atoms with Gasteiger partial charge < -0.3 is 10.0 Å². The third-order valence-corrected chi connectivity index (χ3v) is 5.21. The zero-order valence-corrected chi connectivity index (χ0v) is 19.2. The first-order chi connectivity index (χ1) is 16.6. The quantitative estimate of drug-likeness (QED) is 0.304. The smallest absolute Gasteiger partial charge is 0.222 e. The number of carbonyl (C=O) groups is 3. The lowest BCUT2D eigenvalue weighted by atomic mass is 10.1. The summed E-state index contributed by atoms with van der Waals surface area (Å²) < 4.78 is 31.3. The maximum atomic E-state index is 12.7. The highest BCUT2D eigenvalue weighted by Crippen LogP contribution is 2.12. The monoisotopic (exact) mass is 435 g/mol. The highest BCUT2D eigenvalue weighted by atomic mass is 16.3. The van der Waals surface area contributed by atoms with Crippen molar-refractivity contribution in [1.29, 1.82) is 0 Å². The standard InChI is InChI=1S/C26H41NO4/c1-3-5-13-26(31)27(19-10-8-6-7-9-12-23(28)11-4-2)20-18-25(30)21-22-14-16-24(29)17-15-22/h14-17,29H,3-13,18-21H2,1-2H3/i14D,15D,16D,17D. The first kappa shape index (κ1) is 20.7. The van der Waals surface area contributed by atoms with Gasteiger partial charge in [-0.25, -0.2) is 0 Å². The normalized spacial score (nSPS) is 12.6. The fraction of sp³-hybridized carbons (Fsp3) is 0.654. The lowest BCUT2D eigenvalue weighted by Crippen LogP contribution is -2.34. The van der Waals surface area contributed by atoms with Gasteiger partial charge in [0.05, 0.1) is 5.48 Å². The molecule has 0 saturated carbocycles. The number of carbonyl (C=O) groups excluding carboxylic acids is 3. The van der Waals surface area contributed by atoms with Gasteiger partial charge in [-0.05, 0) is 43.3 Å². The van der Waals surface area contributed by atoms with Gasteiger partial charge in [0.15, 0.2) is 0 Å². The number of ketones is 2. The van der Waals surface area contributed by atoms with E-state index in [-0.39, 0.29) is 36.6 Å². The Morgan fingerprint density at radius 3 is 2.13 bits per heavy atom. The van der Waals surface area contributed by atoms with Gasteiger partial charge >= 0.3 is 0 Å². The minimum atomic E-state index is -0.726. The average Bonchev–Trinajstić information content (AvgIpc) is 2.84. The Morgan fingerprint density at radius 1 is 0.774 bits per heavy atom.